The number of ether oxygens (including phenoxy) is 1. The summed E-state index contributed by atoms with van der Waals surface area (Å²) in [6.45, 7) is 0.283. The van der Waals surface area contributed by atoms with Gasteiger partial charge in [-0.25, -0.2) is 4.39 Å². The normalized spacial score (nSPS) is 14.1. The minimum atomic E-state index is -0.497. The van der Waals surface area contributed by atoms with E-state index in [4.69, 9.17) is 33.7 Å². The Balaban J connectivity index is 2.00. The Kier molecular flexibility index (Phi) is 4.39. The van der Waals surface area contributed by atoms with Gasteiger partial charge in [0.05, 0.1) is 11.6 Å². The fraction of sp³-hybridized carbons (Fsp3) is 0.167. The molecule has 0 aromatic heterocycles. The molecule has 1 aromatic rings. The minimum absolute atomic E-state index is 0.0250. The summed E-state index contributed by atoms with van der Waals surface area (Å²) < 4.78 is 18.8. The van der Waals surface area contributed by atoms with E-state index >= 15 is 0 Å². The third kappa shape index (κ3) is 3.24. The molecule has 1 aliphatic rings. The molecule has 102 valence electrons. The van der Waals surface area contributed by atoms with Crippen LogP contribution in [0.5, 0.6) is 0 Å². The second kappa shape index (κ2) is 6.04. The summed E-state index contributed by atoms with van der Waals surface area (Å²) in [6, 6.07) is 2.70. The molecule has 0 unspecified atom stereocenters. The zero-order valence-corrected chi connectivity index (χ0v) is 11.4. The molecule has 1 aliphatic heterocycles. The maximum Gasteiger partial charge on any atom is 0.162 e. The van der Waals surface area contributed by atoms with Crippen molar-refractivity contribution in [3.63, 3.8) is 0 Å². The molecular formula is C12H12Cl2FN3O. The Morgan fingerprint density at radius 1 is 1.32 bits per heavy atom. The SMILES string of the molecule is NC1=C(OCCc2c(Cl)ccc(F)c2Cl)C=CNN1. The van der Waals surface area contributed by atoms with Gasteiger partial charge in [-0.3, -0.25) is 5.43 Å². The Morgan fingerprint density at radius 3 is 2.84 bits per heavy atom. The van der Waals surface area contributed by atoms with Gasteiger partial charge in [0.2, 0.25) is 0 Å². The Bertz CT molecular complexity index is 546. The van der Waals surface area contributed by atoms with Crippen molar-refractivity contribution in [3.05, 3.63) is 57.4 Å². The van der Waals surface area contributed by atoms with Gasteiger partial charge in [-0.2, -0.15) is 0 Å². The molecule has 4 nitrogen and oxygen atoms in total. The van der Waals surface area contributed by atoms with Gasteiger partial charge in [-0.05, 0) is 17.7 Å². The number of allylic oxidation sites excluding steroid dienone is 1. The Hall–Kier alpha value is -1.59. The molecule has 7 heteroatoms. The smallest absolute Gasteiger partial charge is 0.162 e. The fourth-order valence-corrected chi connectivity index (χ4v) is 2.13. The second-order valence-electron chi connectivity index (χ2n) is 3.80. The van der Waals surface area contributed by atoms with E-state index in [0.717, 1.165) is 0 Å². The van der Waals surface area contributed by atoms with Gasteiger partial charge in [0.15, 0.2) is 11.6 Å². The van der Waals surface area contributed by atoms with Crippen LogP contribution in [0.1, 0.15) is 5.56 Å². The molecule has 0 amide bonds. The van der Waals surface area contributed by atoms with Crippen LogP contribution in [0.25, 0.3) is 0 Å². The summed E-state index contributed by atoms with van der Waals surface area (Å²) in [4.78, 5) is 0. The number of nitrogens with one attached hydrogen (secondary N) is 2. The van der Waals surface area contributed by atoms with E-state index in [0.29, 0.717) is 28.6 Å². The maximum atomic E-state index is 13.3. The summed E-state index contributed by atoms with van der Waals surface area (Å²) in [5.74, 6) is 0.379. The molecule has 1 heterocycles. The fourth-order valence-electron chi connectivity index (χ4n) is 1.58. The molecule has 1 aromatic carbocycles. The number of halogens is 3. The van der Waals surface area contributed by atoms with Crippen molar-refractivity contribution >= 4 is 23.2 Å². The van der Waals surface area contributed by atoms with E-state index in [1.165, 1.54) is 12.1 Å². The summed E-state index contributed by atoms with van der Waals surface area (Å²) in [6.07, 6.45) is 3.71. The molecule has 19 heavy (non-hydrogen) atoms. The lowest BCUT2D eigenvalue weighted by atomic mass is 10.1. The third-order valence-corrected chi connectivity index (χ3v) is 3.30. The van der Waals surface area contributed by atoms with Crippen LogP contribution in [0.2, 0.25) is 10.0 Å². The Labute approximate surface area is 120 Å². The lowest BCUT2D eigenvalue weighted by Crippen LogP contribution is -2.34. The van der Waals surface area contributed by atoms with Crippen LogP contribution in [-0.2, 0) is 11.2 Å². The number of nitrogens with two attached hydrogens (primary N) is 1. The zero-order valence-electron chi connectivity index (χ0n) is 9.84. The average Bonchev–Trinajstić information content (AvgIpc) is 2.40. The van der Waals surface area contributed by atoms with Crippen molar-refractivity contribution in [2.45, 2.75) is 6.42 Å². The van der Waals surface area contributed by atoms with Crippen LogP contribution in [0, 0.1) is 5.82 Å². The van der Waals surface area contributed by atoms with Crippen molar-refractivity contribution in [1.82, 2.24) is 10.9 Å². The standard InChI is InChI=1S/C12H12Cl2FN3O/c13-8-1-2-9(15)11(14)7(8)4-6-19-10-3-5-17-18-12(10)16/h1-3,5,17-18H,4,6,16H2. The predicted molar refractivity (Wildman–Crippen MR) is 72.7 cm³/mol. The average molecular weight is 304 g/mol. The second-order valence-corrected chi connectivity index (χ2v) is 4.59. The first-order valence-corrected chi connectivity index (χ1v) is 6.28. The molecule has 0 bridgehead atoms. The van der Waals surface area contributed by atoms with E-state index in [9.17, 15) is 4.39 Å². The molecule has 2 rings (SSSR count). The molecule has 0 radical (unpaired) electrons. The van der Waals surface area contributed by atoms with E-state index in [1.807, 2.05) is 0 Å². The summed E-state index contributed by atoms with van der Waals surface area (Å²) >= 11 is 11.8. The molecule has 0 fully saturated rings. The molecule has 0 spiro atoms. The van der Waals surface area contributed by atoms with Gasteiger partial charge in [-0.1, -0.05) is 23.2 Å². The monoisotopic (exact) mass is 303 g/mol. The highest BCUT2D eigenvalue weighted by Gasteiger charge is 2.12. The number of hydrogen-bond acceptors (Lipinski definition) is 4. The van der Waals surface area contributed by atoms with Crippen LogP contribution in [-0.4, -0.2) is 6.61 Å². The largest absolute Gasteiger partial charge is 0.489 e. The quantitative estimate of drug-likeness (QED) is 0.748. The summed E-state index contributed by atoms with van der Waals surface area (Å²) in [5.41, 5.74) is 11.6. The van der Waals surface area contributed by atoms with Crippen LogP contribution in [0.3, 0.4) is 0 Å². The minimum Gasteiger partial charge on any atom is -0.489 e. The van der Waals surface area contributed by atoms with E-state index in [1.54, 1.807) is 12.3 Å². The van der Waals surface area contributed by atoms with Crippen LogP contribution in [0.4, 0.5) is 4.39 Å². The molecule has 0 aliphatic carbocycles. The number of hydrazine groups is 1. The van der Waals surface area contributed by atoms with Crippen molar-refractivity contribution in [1.29, 1.82) is 0 Å². The van der Waals surface area contributed by atoms with Crippen LogP contribution >= 0.6 is 23.2 Å². The van der Waals surface area contributed by atoms with Crippen LogP contribution < -0.4 is 16.6 Å². The van der Waals surface area contributed by atoms with Crippen molar-refractivity contribution in [2.24, 2.45) is 5.73 Å². The molecule has 0 saturated carbocycles. The van der Waals surface area contributed by atoms with Crippen molar-refractivity contribution < 1.29 is 9.13 Å². The molecule has 0 saturated heterocycles. The van der Waals surface area contributed by atoms with Gasteiger partial charge in [0.25, 0.3) is 0 Å². The Morgan fingerprint density at radius 2 is 2.11 bits per heavy atom. The first-order valence-electron chi connectivity index (χ1n) is 5.52. The van der Waals surface area contributed by atoms with Gasteiger partial charge in [0, 0.05) is 23.7 Å². The van der Waals surface area contributed by atoms with Crippen molar-refractivity contribution in [3.8, 4) is 0 Å². The van der Waals surface area contributed by atoms with E-state index < -0.39 is 5.82 Å². The first kappa shape index (κ1) is 13.8. The lowest BCUT2D eigenvalue weighted by molar-refractivity contribution is 0.219. The highest BCUT2D eigenvalue weighted by atomic mass is 35.5. The third-order valence-electron chi connectivity index (χ3n) is 2.54. The number of hydrogen-bond donors (Lipinski definition) is 3. The van der Waals surface area contributed by atoms with Crippen molar-refractivity contribution in [2.75, 3.05) is 6.61 Å². The van der Waals surface area contributed by atoms with Gasteiger partial charge < -0.3 is 15.9 Å². The zero-order chi connectivity index (χ0) is 13.8. The topological polar surface area (TPSA) is 59.3 Å². The predicted octanol–water partition coefficient (Wildman–Crippen LogP) is 2.44. The first-order chi connectivity index (χ1) is 9.09. The van der Waals surface area contributed by atoms with Crippen LogP contribution in [0.15, 0.2) is 36.0 Å². The molecule has 0 atom stereocenters. The summed E-state index contributed by atoms with van der Waals surface area (Å²) in [5, 5.41) is 0.438. The lowest BCUT2D eigenvalue weighted by Gasteiger charge is -2.16. The highest BCUT2D eigenvalue weighted by Crippen LogP contribution is 2.27. The molecule has 4 N–H and O–H groups in total. The van der Waals surface area contributed by atoms with E-state index in [2.05, 4.69) is 10.9 Å². The van der Waals surface area contributed by atoms with Gasteiger partial charge >= 0.3 is 0 Å². The summed E-state index contributed by atoms with van der Waals surface area (Å²) in [7, 11) is 0. The number of benzene rings is 1. The molecular weight excluding hydrogens is 292 g/mol. The maximum absolute atomic E-state index is 13.3. The van der Waals surface area contributed by atoms with E-state index in [-0.39, 0.29) is 11.6 Å². The van der Waals surface area contributed by atoms with Gasteiger partial charge in [-0.15, -0.1) is 0 Å². The highest BCUT2D eigenvalue weighted by molar-refractivity contribution is 6.36. The van der Waals surface area contributed by atoms with Gasteiger partial charge in [0.1, 0.15) is 5.82 Å². The number of rotatable bonds is 4.